The Morgan fingerprint density at radius 2 is 1.77 bits per heavy atom. The van der Waals surface area contributed by atoms with E-state index in [4.69, 9.17) is 4.74 Å². The molecule has 0 unspecified atom stereocenters. The number of benzene rings is 2. The molecule has 1 saturated heterocycles. The van der Waals surface area contributed by atoms with Gasteiger partial charge in [0.25, 0.3) is 5.91 Å². The largest absolute Gasteiger partial charge is 0.487 e. The summed E-state index contributed by atoms with van der Waals surface area (Å²) in [6, 6.07) is 13.1. The Balaban J connectivity index is 1.35. The van der Waals surface area contributed by atoms with Gasteiger partial charge in [-0.25, -0.2) is 13.4 Å². The maximum Gasteiger partial charge on any atom is 0.255 e. The molecule has 1 N–H and O–H groups in total. The van der Waals surface area contributed by atoms with Gasteiger partial charge in [-0.1, -0.05) is 0 Å². The van der Waals surface area contributed by atoms with E-state index in [-0.39, 0.29) is 10.8 Å². The Hall–Kier alpha value is -2.75. The van der Waals surface area contributed by atoms with Crippen LogP contribution in [0.2, 0.25) is 0 Å². The molecule has 1 fully saturated rings. The molecule has 0 aliphatic carbocycles. The molecule has 0 spiro atoms. The molecule has 9 heteroatoms. The van der Waals surface area contributed by atoms with Crippen LogP contribution in [0, 0.1) is 6.92 Å². The van der Waals surface area contributed by atoms with Gasteiger partial charge in [0, 0.05) is 29.7 Å². The second-order valence-electron chi connectivity index (χ2n) is 7.26. The molecule has 3 aromatic rings. The third-order valence-electron chi connectivity index (χ3n) is 4.98. The molecule has 1 aromatic heterocycles. The van der Waals surface area contributed by atoms with E-state index in [0.29, 0.717) is 36.7 Å². The molecule has 2 aromatic carbocycles. The highest BCUT2D eigenvalue weighted by Crippen LogP contribution is 2.23. The van der Waals surface area contributed by atoms with Crippen LogP contribution < -0.4 is 10.1 Å². The smallest absolute Gasteiger partial charge is 0.255 e. The third-order valence-corrected chi connectivity index (χ3v) is 7.72. The summed E-state index contributed by atoms with van der Waals surface area (Å²) < 4.78 is 32.4. The number of rotatable bonds is 7. The first-order valence-corrected chi connectivity index (χ1v) is 12.3. The zero-order chi connectivity index (χ0) is 21.8. The van der Waals surface area contributed by atoms with Crippen LogP contribution >= 0.6 is 11.3 Å². The minimum absolute atomic E-state index is 0.240. The highest BCUT2D eigenvalue weighted by atomic mass is 32.2. The van der Waals surface area contributed by atoms with Gasteiger partial charge in [-0.3, -0.25) is 4.79 Å². The second kappa shape index (κ2) is 9.17. The summed E-state index contributed by atoms with van der Waals surface area (Å²) >= 11 is 1.58. The van der Waals surface area contributed by atoms with Crippen molar-refractivity contribution in [3.05, 3.63) is 70.2 Å². The van der Waals surface area contributed by atoms with E-state index in [1.165, 1.54) is 16.4 Å². The summed E-state index contributed by atoms with van der Waals surface area (Å²) in [5, 5.41) is 5.74. The van der Waals surface area contributed by atoms with Crippen LogP contribution in [0.3, 0.4) is 0 Å². The second-order valence-corrected chi connectivity index (χ2v) is 10.3. The fourth-order valence-corrected chi connectivity index (χ4v) is 5.44. The van der Waals surface area contributed by atoms with Gasteiger partial charge in [-0.2, -0.15) is 4.31 Å². The number of aromatic nitrogens is 1. The van der Waals surface area contributed by atoms with Crippen LogP contribution in [0.5, 0.6) is 5.75 Å². The maximum absolute atomic E-state index is 12.6. The van der Waals surface area contributed by atoms with Crippen molar-refractivity contribution in [2.45, 2.75) is 31.3 Å². The fraction of sp³-hybridized carbons (Fsp3) is 0.273. The van der Waals surface area contributed by atoms with Gasteiger partial charge in [0.15, 0.2) is 0 Å². The lowest BCUT2D eigenvalue weighted by atomic mass is 10.2. The molecule has 1 aliphatic rings. The predicted molar refractivity (Wildman–Crippen MR) is 120 cm³/mol. The van der Waals surface area contributed by atoms with Gasteiger partial charge in [0.1, 0.15) is 12.4 Å². The maximum atomic E-state index is 12.6. The molecule has 0 saturated carbocycles. The number of ether oxygens (including phenoxy) is 1. The van der Waals surface area contributed by atoms with Gasteiger partial charge < -0.3 is 10.1 Å². The molecule has 31 heavy (non-hydrogen) atoms. The summed E-state index contributed by atoms with van der Waals surface area (Å²) in [4.78, 5) is 17.1. The molecule has 0 radical (unpaired) electrons. The summed E-state index contributed by atoms with van der Waals surface area (Å²) in [5.41, 5.74) is 1.88. The van der Waals surface area contributed by atoms with Crippen LogP contribution in [0.25, 0.3) is 0 Å². The van der Waals surface area contributed by atoms with E-state index in [1.54, 1.807) is 47.7 Å². The summed E-state index contributed by atoms with van der Waals surface area (Å²) in [6.07, 6.45) is 1.78. The standard InChI is InChI=1S/C22H23N3O4S2/c1-16-23-19(15-30-16)14-29-20-8-4-17(5-9-20)22(26)24-18-6-10-21(11-7-18)31(27,28)25-12-2-3-13-25/h4-11,15H,2-3,12-14H2,1H3,(H,24,26). The molecule has 162 valence electrons. The highest BCUT2D eigenvalue weighted by Gasteiger charge is 2.26. The molecular weight excluding hydrogens is 434 g/mol. The van der Waals surface area contributed by atoms with Crippen molar-refractivity contribution in [3.8, 4) is 5.75 Å². The van der Waals surface area contributed by atoms with Gasteiger partial charge in [0.2, 0.25) is 10.0 Å². The van der Waals surface area contributed by atoms with Crippen LogP contribution in [0.4, 0.5) is 5.69 Å². The molecule has 0 bridgehead atoms. The zero-order valence-electron chi connectivity index (χ0n) is 17.1. The number of aryl methyl sites for hydroxylation is 1. The van der Waals surface area contributed by atoms with Gasteiger partial charge in [0.05, 0.1) is 15.6 Å². The average molecular weight is 458 g/mol. The summed E-state index contributed by atoms with van der Waals surface area (Å²) in [5.74, 6) is 0.371. The molecule has 0 atom stereocenters. The predicted octanol–water partition coefficient (Wildman–Crippen LogP) is 4.07. The number of anilines is 1. The van der Waals surface area contributed by atoms with Crippen molar-refractivity contribution in [1.29, 1.82) is 0 Å². The lowest BCUT2D eigenvalue weighted by Gasteiger charge is -2.15. The number of amides is 1. The topological polar surface area (TPSA) is 88.6 Å². The first-order chi connectivity index (χ1) is 14.9. The van der Waals surface area contributed by atoms with E-state index in [0.717, 1.165) is 23.5 Å². The SMILES string of the molecule is Cc1nc(COc2ccc(C(=O)Nc3ccc(S(=O)(=O)N4CCCC4)cc3)cc2)cs1. The van der Waals surface area contributed by atoms with E-state index in [1.807, 2.05) is 12.3 Å². The van der Waals surface area contributed by atoms with Crippen molar-refractivity contribution in [1.82, 2.24) is 9.29 Å². The van der Waals surface area contributed by atoms with E-state index in [9.17, 15) is 13.2 Å². The van der Waals surface area contributed by atoms with Crippen molar-refractivity contribution < 1.29 is 17.9 Å². The Morgan fingerprint density at radius 1 is 1.10 bits per heavy atom. The third kappa shape index (κ3) is 5.12. The Labute approximate surface area is 185 Å². The van der Waals surface area contributed by atoms with Crippen molar-refractivity contribution >= 4 is 33.0 Å². The Morgan fingerprint density at radius 3 is 2.39 bits per heavy atom. The first kappa shape index (κ1) is 21.5. The zero-order valence-corrected chi connectivity index (χ0v) is 18.7. The number of nitrogens with one attached hydrogen (secondary N) is 1. The van der Waals surface area contributed by atoms with E-state index in [2.05, 4.69) is 10.3 Å². The first-order valence-electron chi connectivity index (χ1n) is 9.97. The number of sulfonamides is 1. The number of nitrogens with zero attached hydrogens (tertiary/aromatic N) is 2. The van der Waals surface area contributed by atoms with Crippen LogP contribution in [0.1, 0.15) is 33.9 Å². The quantitative estimate of drug-likeness (QED) is 0.578. The highest BCUT2D eigenvalue weighted by molar-refractivity contribution is 7.89. The van der Waals surface area contributed by atoms with Gasteiger partial charge in [-0.15, -0.1) is 11.3 Å². The molecule has 1 amide bonds. The van der Waals surface area contributed by atoms with Crippen molar-refractivity contribution in [2.24, 2.45) is 0 Å². The Bertz CT molecular complexity index is 1150. The van der Waals surface area contributed by atoms with E-state index < -0.39 is 10.0 Å². The minimum atomic E-state index is -3.46. The number of hydrogen-bond donors (Lipinski definition) is 1. The van der Waals surface area contributed by atoms with E-state index >= 15 is 0 Å². The summed E-state index contributed by atoms with van der Waals surface area (Å²) in [7, 11) is -3.46. The van der Waals surface area contributed by atoms with Gasteiger partial charge >= 0.3 is 0 Å². The normalized spacial score (nSPS) is 14.5. The van der Waals surface area contributed by atoms with Crippen LogP contribution in [-0.4, -0.2) is 36.7 Å². The molecule has 2 heterocycles. The number of carbonyl (C=O) groups is 1. The van der Waals surface area contributed by atoms with Crippen molar-refractivity contribution in [2.75, 3.05) is 18.4 Å². The van der Waals surface area contributed by atoms with Gasteiger partial charge in [-0.05, 0) is 68.3 Å². The molecule has 4 rings (SSSR count). The Kier molecular flexibility index (Phi) is 6.35. The van der Waals surface area contributed by atoms with Crippen LogP contribution in [0.15, 0.2) is 58.8 Å². The molecule has 1 aliphatic heterocycles. The lowest BCUT2D eigenvalue weighted by Crippen LogP contribution is -2.27. The molecule has 7 nitrogen and oxygen atoms in total. The number of thiazole rings is 1. The average Bonchev–Trinajstić information content (AvgIpc) is 3.45. The number of carbonyl (C=O) groups excluding carboxylic acids is 1. The van der Waals surface area contributed by atoms with Crippen LogP contribution in [-0.2, 0) is 16.6 Å². The fourth-order valence-electron chi connectivity index (χ4n) is 3.33. The molecular formula is C22H23N3O4S2. The monoisotopic (exact) mass is 457 g/mol. The summed E-state index contributed by atoms with van der Waals surface area (Å²) in [6.45, 7) is 3.44. The number of hydrogen-bond acceptors (Lipinski definition) is 6. The van der Waals surface area contributed by atoms with Crippen molar-refractivity contribution in [3.63, 3.8) is 0 Å². The lowest BCUT2D eigenvalue weighted by molar-refractivity contribution is 0.102. The minimum Gasteiger partial charge on any atom is -0.487 e.